The van der Waals surface area contributed by atoms with Crippen LogP contribution in [0.5, 0.6) is 5.75 Å². The molecule has 0 aliphatic carbocycles. The molecule has 1 heterocycles. The SMILES string of the molecule is CCN(CC(=O)NCc1cccs1)CC(=O)Nc1ccc([N+](=O)[O-])cc1OC. The average Bonchev–Trinajstić information content (AvgIpc) is 3.19. The number of hydrogen-bond donors (Lipinski definition) is 2. The van der Waals surface area contributed by atoms with Gasteiger partial charge < -0.3 is 15.4 Å². The number of hydrogen-bond acceptors (Lipinski definition) is 7. The van der Waals surface area contributed by atoms with Crippen molar-refractivity contribution in [3.63, 3.8) is 0 Å². The van der Waals surface area contributed by atoms with E-state index < -0.39 is 4.92 Å². The first-order chi connectivity index (χ1) is 13.4. The third kappa shape index (κ3) is 6.32. The van der Waals surface area contributed by atoms with Gasteiger partial charge in [-0.05, 0) is 24.1 Å². The molecular weight excluding hydrogens is 384 g/mol. The van der Waals surface area contributed by atoms with E-state index in [0.29, 0.717) is 18.8 Å². The number of ether oxygens (including phenoxy) is 1. The number of carbonyl (C=O) groups is 2. The zero-order valence-electron chi connectivity index (χ0n) is 15.6. The summed E-state index contributed by atoms with van der Waals surface area (Å²) in [5, 5.41) is 18.3. The topological polar surface area (TPSA) is 114 Å². The van der Waals surface area contributed by atoms with Crippen LogP contribution in [0, 0.1) is 10.1 Å². The zero-order valence-corrected chi connectivity index (χ0v) is 16.5. The summed E-state index contributed by atoms with van der Waals surface area (Å²) in [5.41, 5.74) is 0.198. The first-order valence-corrected chi connectivity index (χ1v) is 9.44. The maximum atomic E-state index is 12.3. The normalized spacial score (nSPS) is 10.5. The molecule has 0 fully saturated rings. The van der Waals surface area contributed by atoms with Crippen molar-refractivity contribution in [3.8, 4) is 5.75 Å². The summed E-state index contributed by atoms with van der Waals surface area (Å²) in [6.45, 7) is 2.92. The van der Waals surface area contributed by atoms with Crippen LogP contribution in [-0.4, -0.2) is 48.4 Å². The first-order valence-electron chi connectivity index (χ1n) is 8.56. The molecule has 0 radical (unpaired) electrons. The molecule has 2 amide bonds. The van der Waals surface area contributed by atoms with Gasteiger partial charge in [-0.25, -0.2) is 0 Å². The Morgan fingerprint density at radius 2 is 2.00 bits per heavy atom. The van der Waals surface area contributed by atoms with Gasteiger partial charge in [0.05, 0.1) is 43.4 Å². The minimum Gasteiger partial charge on any atom is -0.494 e. The predicted molar refractivity (Wildman–Crippen MR) is 107 cm³/mol. The number of nitro groups is 1. The minimum atomic E-state index is -0.540. The number of nitro benzene ring substituents is 1. The molecule has 0 aliphatic rings. The Bertz CT molecular complexity index is 825. The van der Waals surface area contributed by atoms with E-state index in [0.717, 1.165) is 4.88 Å². The number of methoxy groups -OCH3 is 1. The van der Waals surface area contributed by atoms with E-state index in [2.05, 4.69) is 10.6 Å². The third-order valence-corrected chi connectivity index (χ3v) is 4.77. The highest BCUT2D eigenvalue weighted by Gasteiger charge is 2.16. The van der Waals surface area contributed by atoms with Crippen LogP contribution >= 0.6 is 11.3 Å². The van der Waals surface area contributed by atoms with Crippen LogP contribution in [-0.2, 0) is 16.1 Å². The lowest BCUT2D eigenvalue weighted by atomic mass is 10.2. The summed E-state index contributed by atoms with van der Waals surface area (Å²) < 4.78 is 5.10. The highest BCUT2D eigenvalue weighted by Crippen LogP contribution is 2.28. The fourth-order valence-electron chi connectivity index (χ4n) is 2.43. The van der Waals surface area contributed by atoms with Crippen molar-refractivity contribution in [2.45, 2.75) is 13.5 Å². The molecule has 1 aromatic heterocycles. The molecule has 28 heavy (non-hydrogen) atoms. The number of nitrogens with one attached hydrogen (secondary N) is 2. The Labute approximate surface area is 166 Å². The van der Waals surface area contributed by atoms with Gasteiger partial charge in [0.2, 0.25) is 11.8 Å². The van der Waals surface area contributed by atoms with Crippen LogP contribution in [0.4, 0.5) is 11.4 Å². The lowest BCUT2D eigenvalue weighted by Crippen LogP contribution is -2.40. The van der Waals surface area contributed by atoms with Gasteiger partial charge in [0.1, 0.15) is 5.75 Å². The second kappa shape index (κ2) is 10.4. The molecule has 2 aromatic rings. The summed E-state index contributed by atoms with van der Waals surface area (Å²) >= 11 is 1.56. The molecule has 0 saturated heterocycles. The van der Waals surface area contributed by atoms with Crippen LogP contribution in [0.25, 0.3) is 0 Å². The van der Waals surface area contributed by atoms with Crippen molar-refractivity contribution in [1.29, 1.82) is 0 Å². The molecule has 1 aromatic carbocycles. The molecule has 0 aliphatic heterocycles. The Morgan fingerprint density at radius 3 is 2.61 bits per heavy atom. The number of likely N-dealkylation sites (N-methyl/N-ethyl adjacent to an activating group) is 1. The minimum absolute atomic E-state index is 0.00304. The zero-order chi connectivity index (χ0) is 20.5. The van der Waals surface area contributed by atoms with Gasteiger partial charge in [-0.2, -0.15) is 0 Å². The first kappa shape index (κ1) is 21.3. The number of rotatable bonds is 10. The molecule has 150 valence electrons. The Kier molecular flexibility index (Phi) is 7.90. The van der Waals surface area contributed by atoms with Crippen molar-refractivity contribution >= 4 is 34.5 Å². The van der Waals surface area contributed by atoms with Gasteiger partial charge in [0.25, 0.3) is 5.69 Å². The lowest BCUT2D eigenvalue weighted by molar-refractivity contribution is -0.384. The van der Waals surface area contributed by atoms with Gasteiger partial charge in [-0.15, -0.1) is 11.3 Å². The number of non-ortho nitro benzene ring substituents is 1. The summed E-state index contributed by atoms with van der Waals surface area (Å²) in [6, 6.07) is 7.80. The van der Waals surface area contributed by atoms with Crippen LogP contribution in [0.15, 0.2) is 35.7 Å². The fraction of sp³-hybridized carbons (Fsp3) is 0.333. The average molecular weight is 406 g/mol. The second-order valence-corrected chi connectivity index (χ2v) is 6.88. The van der Waals surface area contributed by atoms with Crippen LogP contribution in [0.2, 0.25) is 0 Å². The van der Waals surface area contributed by atoms with Crippen molar-refractivity contribution in [3.05, 3.63) is 50.7 Å². The lowest BCUT2D eigenvalue weighted by Gasteiger charge is -2.19. The standard InChI is InChI=1S/C18H22N4O5S/c1-3-21(11-17(23)19-10-14-5-4-8-28-14)12-18(24)20-15-7-6-13(22(25)26)9-16(15)27-2/h4-9H,3,10-12H2,1-2H3,(H,19,23)(H,20,24). The number of anilines is 1. The summed E-state index contributed by atoms with van der Waals surface area (Å²) in [5.74, 6) is -0.324. The molecule has 0 spiro atoms. The molecule has 0 atom stereocenters. The van der Waals surface area contributed by atoms with Crippen molar-refractivity contribution in [2.24, 2.45) is 0 Å². The highest BCUT2D eigenvalue weighted by atomic mass is 32.1. The van der Waals surface area contributed by atoms with Gasteiger partial charge >= 0.3 is 0 Å². The van der Waals surface area contributed by atoms with E-state index in [1.54, 1.807) is 16.2 Å². The number of nitrogens with zero attached hydrogens (tertiary/aromatic N) is 2. The Morgan fingerprint density at radius 1 is 1.25 bits per heavy atom. The molecule has 2 rings (SSSR count). The van der Waals surface area contributed by atoms with E-state index in [4.69, 9.17) is 4.74 Å². The summed E-state index contributed by atoms with van der Waals surface area (Å²) in [4.78, 5) is 37.5. The molecule has 0 unspecified atom stereocenters. The molecule has 10 heteroatoms. The van der Waals surface area contributed by atoms with Gasteiger partial charge in [0, 0.05) is 10.9 Å². The molecule has 9 nitrogen and oxygen atoms in total. The quantitative estimate of drug-likeness (QED) is 0.462. The van der Waals surface area contributed by atoms with Crippen molar-refractivity contribution in [1.82, 2.24) is 10.2 Å². The van der Waals surface area contributed by atoms with E-state index >= 15 is 0 Å². The molecule has 2 N–H and O–H groups in total. The summed E-state index contributed by atoms with van der Waals surface area (Å²) in [7, 11) is 1.37. The monoisotopic (exact) mass is 406 g/mol. The van der Waals surface area contributed by atoms with Gasteiger partial charge in [-0.1, -0.05) is 13.0 Å². The van der Waals surface area contributed by atoms with E-state index in [1.807, 2.05) is 24.4 Å². The van der Waals surface area contributed by atoms with Gasteiger partial charge in [-0.3, -0.25) is 24.6 Å². The maximum Gasteiger partial charge on any atom is 0.273 e. The predicted octanol–water partition coefficient (Wildman–Crippen LogP) is 2.24. The number of thiophene rings is 1. The number of amides is 2. The number of carbonyl (C=O) groups excluding carboxylic acids is 2. The fourth-order valence-corrected chi connectivity index (χ4v) is 3.07. The second-order valence-electron chi connectivity index (χ2n) is 5.85. The smallest absolute Gasteiger partial charge is 0.273 e. The largest absolute Gasteiger partial charge is 0.494 e. The van der Waals surface area contributed by atoms with Crippen LogP contribution in [0.1, 0.15) is 11.8 Å². The Balaban J connectivity index is 1.89. The van der Waals surface area contributed by atoms with Crippen LogP contribution < -0.4 is 15.4 Å². The maximum absolute atomic E-state index is 12.3. The highest BCUT2D eigenvalue weighted by molar-refractivity contribution is 7.09. The van der Waals surface area contributed by atoms with Crippen molar-refractivity contribution < 1.29 is 19.2 Å². The number of benzene rings is 1. The third-order valence-electron chi connectivity index (χ3n) is 3.89. The molecule has 0 saturated carbocycles. The van der Waals surface area contributed by atoms with E-state index in [1.165, 1.54) is 25.3 Å². The van der Waals surface area contributed by atoms with Crippen LogP contribution in [0.3, 0.4) is 0 Å². The molecule has 0 bridgehead atoms. The van der Waals surface area contributed by atoms with E-state index in [9.17, 15) is 19.7 Å². The van der Waals surface area contributed by atoms with E-state index in [-0.39, 0.29) is 36.3 Å². The van der Waals surface area contributed by atoms with Gasteiger partial charge in [0.15, 0.2) is 0 Å². The Hall–Kier alpha value is -2.98. The van der Waals surface area contributed by atoms with Crippen molar-refractivity contribution in [2.75, 3.05) is 32.1 Å². The summed E-state index contributed by atoms with van der Waals surface area (Å²) in [6.07, 6.45) is 0. The molecular formula is C18H22N4O5S.